The van der Waals surface area contributed by atoms with Crippen molar-refractivity contribution in [2.75, 3.05) is 13.2 Å². The molecule has 0 fully saturated rings. The molecule has 0 unspecified atom stereocenters. The van der Waals surface area contributed by atoms with Gasteiger partial charge in [0.25, 0.3) is 0 Å². The van der Waals surface area contributed by atoms with Crippen LogP contribution in [0.15, 0.2) is 24.3 Å². The van der Waals surface area contributed by atoms with Crippen LogP contribution in [-0.2, 0) is 9.47 Å². The Morgan fingerprint density at radius 2 is 0.735 bits per heavy atom. The highest BCUT2D eigenvalue weighted by molar-refractivity contribution is 5.93. The molecule has 0 atom stereocenters. The highest BCUT2D eigenvalue weighted by Gasteiger charge is 2.11. The molecule has 0 radical (unpaired) electrons. The molecule has 1 rings (SSSR count). The average Bonchev–Trinajstić information content (AvgIpc) is 2.86. The van der Waals surface area contributed by atoms with Gasteiger partial charge in [0.15, 0.2) is 0 Å². The van der Waals surface area contributed by atoms with E-state index in [2.05, 4.69) is 13.8 Å². The third-order valence-corrected chi connectivity index (χ3v) is 6.32. The van der Waals surface area contributed by atoms with Gasteiger partial charge in [0.05, 0.1) is 24.3 Å². The van der Waals surface area contributed by atoms with Crippen LogP contribution in [0.1, 0.15) is 150 Å². The van der Waals surface area contributed by atoms with E-state index in [0.29, 0.717) is 24.3 Å². The molecule has 0 heterocycles. The molecule has 194 valence electrons. The zero-order valence-corrected chi connectivity index (χ0v) is 22.1. The molecule has 0 saturated carbocycles. The summed E-state index contributed by atoms with van der Waals surface area (Å²) in [6.45, 7) is 5.39. The Labute approximate surface area is 209 Å². The molecular weight excluding hydrogens is 424 g/mol. The normalized spacial score (nSPS) is 10.9. The summed E-state index contributed by atoms with van der Waals surface area (Å²) in [7, 11) is 0. The average molecular weight is 475 g/mol. The Morgan fingerprint density at radius 1 is 0.471 bits per heavy atom. The van der Waals surface area contributed by atoms with Crippen LogP contribution in [0.5, 0.6) is 0 Å². The van der Waals surface area contributed by atoms with Gasteiger partial charge in [-0.15, -0.1) is 0 Å². The van der Waals surface area contributed by atoms with Crippen LogP contribution in [0, 0.1) is 0 Å². The van der Waals surface area contributed by atoms with Gasteiger partial charge < -0.3 is 9.47 Å². The third kappa shape index (κ3) is 15.9. The number of carbonyl (C=O) groups is 2. The highest BCUT2D eigenvalue weighted by atomic mass is 16.5. The van der Waals surface area contributed by atoms with Crippen molar-refractivity contribution in [1.82, 2.24) is 0 Å². The summed E-state index contributed by atoms with van der Waals surface area (Å²) in [5.41, 5.74) is 0.956. The van der Waals surface area contributed by atoms with Crippen molar-refractivity contribution in [3.8, 4) is 0 Å². The molecular formula is C30H50O4. The Hall–Kier alpha value is -1.84. The van der Waals surface area contributed by atoms with Gasteiger partial charge >= 0.3 is 11.9 Å². The van der Waals surface area contributed by atoms with Gasteiger partial charge in [0.1, 0.15) is 0 Å². The highest BCUT2D eigenvalue weighted by Crippen LogP contribution is 2.12. The van der Waals surface area contributed by atoms with Crippen LogP contribution in [-0.4, -0.2) is 25.2 Å². The summed E-state index contributed by atoms with van der Waals surface area (Å²) in [6.07, 6.45) is 22.3. The number of carbonyl (C=O) groups excluding carboxylic acids is 2. The molecule has 0 aliphatic heterocycles. The van der Waals surface area contributed by atoms with E-state index in [0.717, 1.165) is 25.7 Å². The number of unbranched alkanes of at least 4 members (excludes halogenated alkanes) is 16. The molecule has 0 N–H and O–H groups in total. The lowest BCUT2D eigenvalue weighted by molar-refractivity contribution is 0.0483. The van der Waals surface area contributed by atoms with Crippen molar-refractivity contribution >= 4 is 11.9 Å². The first-order valence-corrected chi connectivity index (χ1v) is 14.1. The van der Waals surface area contributed by atoms with Gasteiger partial charge in [-0.3, -0.25) is 0 Å². The van der Waals surface area contributed by atoms with Gasteiger partial charge in [-0.25, -0.2) is 9.59 Å². The van der Waals surface area contributed by atoms with Crippen LogP contribution in [0.3, 0.4) is 0 Å². The van der Waals surface area contributed by atoms with Crippen molar-refractivity contribution in [2.24, 2.45) is 0 Å². The lowest BCUT2D eigenvalue weighted by atomic mass is 10.1. The first-order valence-electron chi connectivity index (χ1n) is 14.1. The van der Waals surface area contributed by atoms with Gasteiger partial charge in [-0.2, -0.15) is 0 Å². The van der Waals surface area contributed by atoms with E-state index in [4.69, 9.17) is 9.47 Å². The molecule has 34 heavy (non-hydrogen) atoms. The zero-order valence-electron chi connectivity index (χ0n) is 22.1. The summed E-state index contributed by atoms with van der Waals surface area (Å²) < 4.78 is 10.7. The van der Waals surface area contributed by atoms with E-state index in [-0.39, 0.29) is 11.9 Å². The summed E-state index contributed by atoms with van der Waals surface area (Å²) in [5, 5.41) is 0. The first kappa shape index (κ1) is 30.2. The minimum absolute atomic E-state index is 0.325. The Kier molecular flexibility index (Phi) is 19.2. The molecule has 0 aliphatic carbocycles. The largest absolute Gasteiger partial charge is 0.462 e. The molecule has 1 aromatic rings. The molecule has 0 spiro atoms. The van der Waals surface area contributed by atoms with Crippen molar-refractivity contribution in [2.45, 2.75) is 129 Å². The van der Waals surface area contributed by atoms with E-state index in [1.807, 2.05) is 0 Å². The number of hydrogen-bond donors (Lipinski definition) is 0. The van der Waals surface area contributed by atoms with Crippen molar-refractivity contribution in [3.63, 3.8) is 0 Å². The van der Waals surface area contributed by atoms with Gasteiger partial charge in [-0.1, -0.05) is 117 Å². The third-order valence-electron chi connectivity index (χ3n) is 6.32. The minimum Gasteiger partial charge on any atom is -0.462 e. The van der Waals surface area contributed by atoms with E-state index >= 15 is 0 Å². The standard InChI is InChI=1S/C30H50O4/c1-3-5-7-9-11-13-15-17-19-25-33-29(31)27-21-23-28(24-22-27)30(32)34-26-20-18-16-14-12-10-8-6-4-2/h21-24H,3-20,25-26H2,1-2H3. The van der Waals surface area contributed by atoms with Crippen molar-refractivity contribution < 1.29 is 19.1 Å². The van der Waals surface area contributed by atoms with Crippen LogP contribution < -0.4 is 0 Å². The van der Waals surface area contributed by atoms with E-state index in [1.165, 1.54) is 89.9 Å². The molecule has 0 aliphatic rings. The summed E-state index contributed by atoms with van der Waals surface area (Å²) in [4.78, 5) is 24.4. The molecule has 0 amide bonds. The Morgan fingerprint density at radius 3 is 1.03 bits per heavy atom. The number of hydrogen-bond acceptors (Lipinski definition) is 4. The summed E-state index contributed by atoms with van der Waals surface area (Å²) in [6, 6.07) is 6.59. The van der Waals surface area contributed by atoms with Crippen LogP contribution in [0.4, 0.5) is 0 Å². The fourth-order valence-electron chi connectivity index (χ4n) is 4.06. The van der Waals surface area contributed by atoms with E-state index < -0.39 is 0 Å². The van der Waals surface area contributed by atoms with Gasteiger partial charge in [-0.05, 0) is 37.1 Å². The molecule has 1 aromatic carbocycles. The molecule has 0 aromatic heterocycles. The van der Waals surface area contributed by atoms with Crippen LogP contribution in [0.2, 0.25) is 0 Å². The topological polar surface area (TPSA) is 52.6 Å². The number of rotatable bonds is 22. The van der Waals surface area contributed by atoms with Gasteiger partial charge in [0, 0.05) is 0 Å². The zero-order chi connectivity index (χ0) is 24.7. The molecule has 4 nitrogen and oxygen atoms in total. The maximum Gasteiger partial charge on any atom is 0.338 e. The smallest absolute Gasteiger partial charge is 0.338 e. The number of benzene rings is 1. The predicted molar refractivity (Wildman–Crippen MR) is 141 cm³/mol. The number of ether oxygens (including phenoxy) is 2. The lowest BCUT2D eigenvalue weighted by Gasteiger charge is -2.07. The second-order valence-electron chi connectivity index (χ2n) is 9.51. The van der Waals surface area contributed by atoms with E-state index in [9.17, 15) is 9.59 Å². The van der Waals surface area contributed by atoms with Gasteiger partial charge in [0.2, 0.25) is 0 Å². The van der Waals surface area contributed by atoms with Crippen LogP contribution in [0.25, 0.3) is 0 Å². The summed E-state index contributed by atoms with van der Waals surface area (Å²) in [5.74, 6) is -0.650. The monoisotopic (exact) mass is 474 g/mol. The van der Waals surface area contributed by atoms with Crippen LogP contribution >= 0.6 is 0 Å². The quantitative estimate of drug-likeness (QED) is 0.124. The fourth-order valence-corrected chi connectivity index (χ4v) is 4.06. The Balaban J connectivity index is 2.08. The number of esters is 2. The summed E-state index contributed by atoms with van der Waals surface area (Å²) >= 11 is 0. The minimum atomic E-state index is -0.325. The van der Waals surface area contributed by atoms with Crippen molar-refractivity contribution in [3.05, 3.63) is 35.4 Å². The SMILES string of the molecule is CCCCCCCCCCCOC(=O)c1ccc(C(=O)OCCCCCCCCCCC)cc1. The fraction of sp³-hybridized carbons (Fsp3) is 0.733. The first-order chi connectivity index (χ1) is 16.7. The second kappa shape index (κ2) is 21.7. The molecule has 0 bridgehead atoms. The second-order valence-corrected chi connectivity index (χ2v) is 9.51. The maximum atomic E-state index is 12.2. The lowest BCUT2D eigenvalue weighted by Crippen LogP contribution is -2.09. The predicted octanol–water partition coefficient (Wildman–Crippen LogP) is 9.06. The Bertz CT molecular complexity index is 568. The molecule has 0 saturated heterocycles. The van der Waals surface area contributed by atoms with Crippen molar-refractivity contribution in [1.29, 1.82) is 0 Å². The molecule has 4 heteroatoms. The van der Waals surface area contributed by atoms with E-state index in [1.54, 1.807) is 24.3 Å². The maximum absolute atomic E-state index is 12.2.